The van der Waals surface area contributed by atoms with Crippen LogP contribution in [0.2, 0.25) is 5.02 Å². The predicted molar refractivity (Wildman–Crippen MR) is 73.8 cm³/mol. The first-order valence-electron chi connectivity index (χ1n) is 5.94. The van der Waals surface area contributed by atoms with Crippen LogP contribution >= 0.6 is 11.6 Å². The van der Waals surface area contributed by atoms with Crippen LogP contribution in [0.1, 0.15) is 5.56 Å². The summed E-state index contributed by atoms with van der Waals surface area (Å²) < 4.78 is 26.2. The fourth-order valence-electron chi connectivity index (χ4n) is 2.13. The average Bonchev–Trinajstić information content (AvgIpc) is 2.84. The first-order valence-corrected chi connectivity index (χ1v) is 7.76. The summed E-state index contributed by atoms with van der Waals surface area (Å²) in [4.78, 5) is -0.125. The van der Waals surface area contributed by atoms with Gasteiger partial charge >= 0.3 is 0 Å². The minimum absolute atomic E-state index is 0.0521. The molecule has 108 valence electrons. The number of likely N-dealkylation sites (N-methyl/N-ethyl adjacent to an activating group) is 1. The van der Waals surface area contributed by atoms with Crippen LogP contribution in [-0.2, 0) is 10.0 Å². The zero-order valence-corrected chi connectivity index (χ0v) is 12.3. The molecule has 2 rings (SSSR count). The van der Waals surface area contributed by atoms with Gasteiger partial charge in [0.2, 0.25) is 10.0 Å². The number of nitrogens with zero attached hydrogens (tertiary/aromatic N) is 2. The number of halogens is 1. The van der Waals surface area contributed by atoms with Crippen molar-refractivity contribution in [3.63, 3.8) is 0 Å². The van der Waals surface area contributed by atoms with Crippen molar-refractivity contribution in [2.24, 2.45) is 0 Å². The first-order chi connectivity index (χ1) is 9.37. The molecule has 0 aliphatic carbocycles. The van der Waals surface area contributed by atoms with E-state index in [0.29, 0.717) is 13.1 Å². The lowest BCUT2D eigenvalue weighted by Crippen LogP contribution is -2.44. The Morgan fingerprint density at radius 2 is 2.20 bits per heavy atom. The Balaban J connectivity index is 2.42. The Hall–Kier alpha value is -1.17. The van der Waals surface area contributed by atoms with Gasteiger partial charge in [0.25, 0.3) is 0 Å². The van der Waals surface area contributed by atoms with Crippen molar-refractivity contribution in [3.05, 3.63) is 28.8 Å². The molecule has 6 nitrogen and oxygen atoms in total. The van der Waals surface area contributed by atoms with E-state index >= 15 is 0 Å². The number of sulfonamides is 1. The van der Waals surface area contributed by atoms with Gasteiger partial charge in [-0.05, 0) is 18.2 Å². The molecule has 0 radical (unpaired) electrons. The molecule has 2 N–H and O–H groups in total. The largest absolute Gasteiger partial charge is 0.390 e. The van der Waals surface area contributed by atoms with Crippen LogP contribution in [0.4, 0.5) is 0 Å². The summed E-state index contributed by atoms with van der Waals surface area (Å²) >= 11 is 5.93. The van der Waals surface area contributed by atoms with Gasteiger partial charge in [-0.15, -0.1) is 0 Å². The highest BCUT2D eigenvalue weighted by Crippen LogP contribution is 2.27. The van der Waals surface area contributed by atoms with Gasteiger partial charge in [0.1, 0.15) is 4.90 Å². The van der Waals surface area contributed by atoms with E-state index in [1.165, 1.54) is 25.2 Å². The van der Waals surface area contributed by atoms with Gasteiger partial charge in [-0.1, -0.05) is 11.6 Å². The maximum atomic E-state index is 12.5. The van der Waals surface area contributed by atoms with Gasteiger partial charge in [0.15, 0.2) is 0 Å². The molecule has 0 unspecified atom stereocenters. The highest BCUT2D eigenvalue weighted by Gasteiger charge is 2.36. The van der Waals surface area contributed by atoms with Crippen molar-refractivity contribution in [2.45, 2.75) is 17.0 Å². The summed E-state index contributed by atoms with van der Waals surface area (Å²) in [5, 5.41) is 21.6. The second kappa shape index (κ2) is 5.68. The Bertz CT molecular complexity index is 656. The maximum absolute atomic E-state index is 12.5. The fourth-order valence-corrected chi connectivity index (χ4v) is 4.01. The molecule has 20 heavy (non-hydrogen) atoms. The molecule has 1 aromatic carbocycles. The SMILES string of the molecule is CN([C@H]1CNC[C@@H]1O)S(=O)(=O)c1cc(C#N)ccc1Cl. The van der Waals surface area contributed by atoms with E-state index < -0.39 is 22.2 Å². The van der Waals surface area contributed by atoms with Crippen molar-refractivity contribution < 1.29 is 13.5 Å². The Kier molecular flexibility index (Phi) is 4.32. The van der Waals surface area contributed by atoms with Crippen LogP contribution in [0.25, 0.3) is 0 Å². The molecule has 0 amide bonds. The molecular weight excluding hydrogens is 302 g/mol. The van der Waals surface area contributed by atoms with Crippen LogP contribution in [-0.4, -0.2) is 50.1 Å². The maximum Gasteiger partial charge on any atom is 0.244 e. The number of nitriles is 1. The monoisotopic (exact) mass is 315 g/mol. The quantitative estimate of drug-likeness (QED) is 0.829. The van der Waals surface area contributed by atoms with Crippen molar-refractivity contribution >= 4 is 21.6 Å². The molecule has 8 heteroatoms. The molecule has 1 heterocycles. The summed E-state index contributed by atoms with van der Waals surface area (Å²) in [6.07, 6.45) is -0.771. The number of β-amino-alcohol motifs (C(OH)–C–C–N with tert-alkyl or cyclic N) is 1. The van der Waals surface area contributed by atoms with E-state index in [4.69, 9.17) is 16.9 Å². The Morgan fingerprint density at radius 3 is 2.75 bits per heavy atom. The summed E-state index contributed by atoms with van der Waals surface area (Å²) in [7, 11) is -2.47. The third-order valence-electron chi connectivity index (χ3n) is 3.34. The van der Waals surface area contributed by atoms with Crippen molar-refractivity contribution in [1.29, 1.82) is 5.26 Å². The third kappa shape index (κ3) is 2.66. The lowest BCUT2D eigenvalue weighted by molar-refractivity contribution is 0.136. The number of hydrogen-bond donors (Lipinski definition) is 2. The number of nitrogens with one attached hydrogen (secondary N) is 1. The molecule has 1 aliphatic heterocycles. The van der Waals surface area contributed by atoms with Gasteiger partial charge in [0, 0.05) is 20.1 Å². The average molecular weight is 316 g/mol. The van der Waals surface area contributed by atoms with Crippen LogP contribution in [0.15, 0.2) is 23.1 Å². The van der Waals surface area contributed by atoms with Gasteiger partial charge in [-0.3, -0.25) is 0 Å². The Labute approximate surface area is 122 Å². The lowest BCUT2D eigenvalue weighted by atomic mass is 10.2. The molecule has 0 spiro atoms. The van der Waals surface area contributed by atoms with E-state index in [-0.39, 0.29) is 15.5 Å². The molecule has 1 aliphatic rings. The van der Waals surface area contributed by atoms with Crippen molar-refractivity contribution in [3.8, 4) is 6.07 Å². The summed E-state index contributed by atoms with van der Waals surface area (Å²) in [6, 6.07) is 5.40. The summed E-state index contributed by atoms with van der Waals surface area (Å²) in [5.41, 5.74) is 0.214. The summed E-state index contributed by atoms with van der Waals surface area (Å²) in [6.45, 7) is 0.711. The second-order valence-corrected chi connectivity index (χ2v) is 6.94. The highest BCUT2D eigenvalue weighted by molar-refractivity contribution is 7.89. The molecule has 1 aromatic rings. The Morgan fingerprint density at radius 1 is 1.50 bits per heavy atom. The first kappa shape index (κ1) is 15.2. The van der Waals surface area contributed by atoms with Crippen molar-refractivity contribution in [1.82, 2.24) is 9.62 Å². The zero-order valence-electron chi connectivity index (χ0n) is 10.7. The minimum atomic E-state index is -3.87. The van der Waals surface area contributed by atoms with E-state index in [1.807, 2.05) is 6.07 Å². The van der Waals surface area contributed by atoms with Crippen LogP contribution in [0.5, 0.6) is 0 Å². The minimum Gasteiger partial charge on any atom is -0.390 e. The van der Waals surface area contributed by atoms with E-state index in [1.54, 1.807) is 0 Å². The number of benzene rings is 1. The zero-order chi connectivity index (χ0) is 14.9. The number of aliphatic hydroxyl groups excluding tert-OH is 1. The molecule has 0 aromatic heterocycles. The van der Waals surface area contributed by atoms with Gasteiger partial charge in [-0.2, -0.15) is 9.57 Å². The van der Waals surface area contributed by atoms with Crippen LogP contribution in [0.3, 0.4) is 0 Å². The van der Waals surface area contributed by atoms with Crippen LogP contribution in [0, 0.1) is 11.3 Å². The highest BCUT2D eigenvalue weighted by atomic mass is 35.5. The molecule has 1 saturated heterocycles. The predicted octanol–water partition coefficient (Wildman–Crippen LogP) is 0.165. The molecular formula is C12H14ClN3O3S. The number of rotatable bonds is 3. The molecule has 0 bridgehead atoms. The number of aliphatic hydroxyl groups is 1. The van der Waals surface area contributed by atoms with Gasteiger partial charge < -0.3 is 10.4 Å². The molecule has 1 fully saturated rings. The van der Waals surface area contributed by atoms with Crippen LogP contribution < -0.4 is 5.32 Å². The summed E-state index contributed by atoms with van der Waals surface area (Å²) in [5.74, 6) is 0. The second-order valence-electron chi connectivity index (χ2n) is 4.57. The topological polar surface area (TPSA) is 93.4 Å². The van der Waals surface area contributed by atoms with E-state index in [9.17, 15) is 13.5 Å². The normalized spacial score (nSPS) is 22.9. The van der Waals surface area contributed by atoms with E-state index in [0.717, 1.165) is 4.31 Å². The molecule has 0 saturated carbocycles. The fraction of sp³-hybridized carbons (Fsp3) is 0.417. The smallest absolute Gasteiger partial charge is 0.244 e. The number of hydrogen-bond acceptors (Lipinski definition) is 5. The molecule has 2 atom stereocenters. The standard InChI is InChI=1S/C12H14ClN3O3S/c1-16(10-6-15-7-11(10)17)20(18,19)12-4-8(5-14)2-3-9(12)13/h2-4,10-11,15,17H,6-7H2,1H3/t10-,11-/m0/s1. The van der Waals surface area contributed by atoms with Gasteiger partial charge in [-0.25, -0.2) is 8.42 Å². The lowest BCUT2D eigenvalue weighted by Gasteiger charge is -2.26. The third-order valence-corrected chi connectivity index (χ3v) is 5.70. The van der Waals surface area contributed by atoms with E-state index in [2.05, 4.69) is 5.32 Å². The van der Waals surface area contributed by atoms with Crippen molar-refractivity contribution in [2.75, 3.05) is 20.1 Å². The van der Waals surface area contributed by atoms with Gasteiger partial charge in [0.05, 0.1) is 28.8 Å².